The molecule has 386 valence electrons. The van der Waals surface area contributed by atoms with Crippen LogP contribution in [0, 0.1) is 0 Å². The highest BCUT2D eigenvalue weighted by molar-refractivity contribution is 9.12. The molecule has 0 aliphatic carbocycles. The average Bonchev–Trinajstić information content (AvgIpc) is 3.29. The topological polar surface area (TPSA) is 371 Å². The molecule has 0 fully saturated rings. The average molecular weight is 1580 g/mol. The number of hydrogen-bond donors (Lipinski definition) is 12. The Balaban J connectivity index is 3.01. The van der Waals surface area contributed by atoms with Crippen molar-refractivity contribution >= 4 is 202 Å². The van der Waals surface area contributed by atoms with Crippen LogP contribution in [0.25, 0.3) is 0 Å². The molecule has 23 nitrogen and oxygen atoms in total. The second kappa shape index (κ2) is 27.9. The predicted octanol–water partition coefficient (Wildman–Crippen LogP) is 3.26. The van der Waals surface area contributed by atoms with E-state index in [1.165, 1.54) is 7.05 Å². The third-order valence-corrected chi connectivity index (χ3v) is 16.6. The maximum absolute atomic E-state index is 14.8. The number of anilines is 1. The summed E-state index contributed by atoms with van der Waals surface area (Å²) in [6, 6.07) is -4.63. The molecule has 3 aromatic carbocycles. The zero-order valence-corrected chi connectivity index (χ0v) is 50.5. The van der Waals surface area contributed by atoms with Crippen molar-refractivity contribution in [3.05, 3.63) is 84.8 Å². The number of hydrogen-bond acceptors (Lipinski definition) is 15. The van der Waals surface area contributed by atoms with Crippen LogP contribution in [-0.2, 0) is 19.2 Å². The Morgan fingerprint density at radius 3 is 1.03 bits per heavy atom. The summed E-state index contributed by atoms with van der Waals surface area (Å²) in [5.74, 6) is -9.98. The molecule has 0 spiro atoms. The maximum Gasteiger partial charge on any atom is 0.365 e. The van der Waals surface area contributed by atoms with Crippen LogP contribution >= 0.6 is 143 Å². The molecule has 0 heterocycles. The second-order valence-electron chi connectivity index (χ2n) is 13.8. The van der Waals surface area contributed by atoms with E-state index in [1.54, 1.807) is 0 Å². The van der Waals surface area contributed by atoms with E-state index in [1.807, 2.05) is 5.48 Å². The first-order valence-corrected chi connectivity index (χ1v) is 26.7. The van der Waals surface area contributed by atoms with Gasteiger partial charge in [0.2, 0.25) is 17.7 Å². The van der Waals surface area contributed by atoms with E-state index in [2.05, 4.69) is 170 Å². The number of amides is 8. The summed E-state index contributed by atoms with van der Waals surface area (Å²) in [5, 5.41) is 50.7. The molecule has 0 aliphatic heterocycles. The fourth-order valence-corrected chi connectivity index (χ4v) is 15.8. The zero-order chi connectivity index (χ0) is 53.9. The summed E-state index contributed by atoms with van der Waals surface area (Å²) in [7, 11) is 1.21. The minimum Gasteiger partial charge on any atom is -0.395 e. The number of nitrogens with one attached hydrogen (secondary N) is 6. The van der Waals surface area contributed by atoms with Crippen LogP contribution in [0.4, 0.5) is 5.69 Å². The third kappa shape index (κ3) is 13.6. The number of nitrogens with zero attached hydrogens (tertiary/aromatic N) is 1. The van der Waals surface area contributed by atoms with Crippen molar-refractivity contribution in [2.45, 2.75) is 19.0 Å². The van der Waals surface area contributed by atoms with E-state index >= 15 is 0 Å². The lowest BCUT2D eigenvalue weighted by Crippen LogP contribution is -2.47. The van der Waals surface area contributed by atoms with Gasteiger partial charge in [0.15, 0.2) is 0 Å². The lowest BCUT2D eigenvalue weighted by molar-refractivity contribution is -0.127. The van der Waals surface area contributed by atoms with E-state index < -0.39 is 146 Å². The number of nitrogens with two attached hydrogens (primary N) is 2. The molecule has 0 saturated heterocycles. The number of benzene rings is 3. The van der Waals surface area contributed by atoms with Gasteiger partial charge in [0, 0.05) is 82.6 Å². The Kier molecular flexibility index (Phi) is 24.5. The maximum atomic E-state index is 14.8. The summed E-state index contributed by atoms with van der Waals surface area (Å²) in [5.41, 5.74) is 10.4. The molecule has 0 radical (unpaired) electrons. The van der Waals surface area contributed by atoms with E-state index in [0.717, 1.165) is 11.8 Å². The van der Waals surface area contributed by atoms with Crippen molar-refractivity contribution in [3.63, 3.8) is 0 Å². The molecule has 14 N–H and O–H groups in total. The van der Waals surface area contributed by atoms with Crippen LogP contribution < -0.4 is 48.4 Å². The van der Waals surface area contributed by atoms with Gasteiger partial charge in [-0.1, -0.05) is 0 Å². The molecule has 71 heavy (non-hydrogen) atoms. The van der Waals surface area contributed by atoms with Gasteiger partial charge in [-0.05, 0) is 143 Å². The van der Waals surface area contributed by atoms with Crippen molar-refractivity contribution in [1.82, 2.24) is 32.1 Å². The Hall–Kier alpha value is -3.15. The van der Waals surface area contributed by atoms with Crippen molar-refractivity contribution in [1.29, 1.82) is 0 Å². The highest BCUT2D eigenvalue weighted by Crippen LogP contribution is 2.54. The molecule has 3 rings (SSSR count). The minimum atomic E-state index is -2.32. The van der Waals surface area contributed by atoms with E-state index in [9.17, 15) is 63.6 Å². The lowest BCUT2D eigenvalue weighted by Gasteiger charge is -2.41. The molecular weight excluding hydrogens is 1540 g/mol. The quantitative estimate of drug-likeness (QED) is 0.0681. The molecular formula is C39H38Br9N9O14. The van der Waals surface area contributed by atoms with Gasteiger partial charge in [-0.25, -0.2) is 4.79 Å². The van der Waals surface area contributed by atoms with Crippen molar-refractivity contribution in [2.24, 2.45) is 11.5 Å². The van der Waals surface area contributed by atoms with E-state index in [-0.39, 0.29) is 62.0 Å². The van der Waals surface area contributed by atoms with Crippen LogP contribution in [-0.4, -0.2) is 133 Å². The molecule has 3 aromatic rings. The SMILES string of the molecule is CNC(=O)c1c(Br)c(C(=O)ONC(C)=O)c(Br)c(N(C(C(N)=O)c2c(Br)c(C(=O)NCCO)c(Br)c(C(=O)NCCO)c2Br)C(C(N)=O)c2c(Br)c(C(=O)NCCO)c(Br)c(C(=O)NCCO)c2Br)c1Br. The molecule has 0 aliphatic rings. The largest absolute Gasteiger partial charge is 0.395 e. The van der Waals surface area contributed by atoms with Crippen LogP contribution in [0.15, 0.2) is 40.3 Å². The van der Waals surface area contributed by atoms with Gasteiger partial charge in [-0.15, -0.1) is 0 Å². The predicted molar refractivity (Wildman–Crippen MR) is 285 cm³/mol. The first-order valence-electron chi connectivity index (χ1n) is 19.6. The number of aliphatic hydroxyl groups is 4. The molecule has 0 saturated carbocycles. The van der Waals surface area contributed by atoms with Gasteiger partial charge in [-0.2, -0.15) is 5.48 Å². The van der Waals surface area contributed by atoms with E-state index in [4.69, 9.17) is 16.3 Å². The normalized spacial score (nSPS) is 11.7. The fraction of sp³-hybridized carbons (Fsp3) is 0.308. The lowest BCUT2D eigenvalue weighted by atomic mass is 9.91. The minimum absolute atomic E-state index is 0.238. The second-order valence-corrected chi connectivity index (χ2v) is 21.0. The summed E-state index contributed by atoms with van der Waals surface area (Å²) < 4.78 is -3.01. The molecule has 0 aromatic heterocycles. The monoisotopic (exact) mass is 1570 g/mol. The summed E-state index contributed by atoms with van der Waals surface area (Å²) in [6.07, 6.45) is 0. The Morgan fingerprint density at radius 1 is 0.479 bits per heavy atom. The zero-order valence-electron chi connectivity index (χ0n) is 36.2. The standard InChI is InChI=1S/C39H38Br9N9O14/c1-11(62)56-71-39(70)19-26(46)18(34(65)51-2)27(47)31(28(19)48)57(29(32(49)63)12-20(40)14(35(66)52-3-7-58)24(44)15(21(12)41)36(67)53-4-8-59)30(33(50)64)13-22(42)16(37(68)54-5-9-60)25(45)17(23(13)43)38(69)55-6-10-61/h29-30,58-61H,3-10H2,1-2H3,(H2,49,63)(H2,50,64)(H,51,65)(H,52,66)(H,53,67)(H,54,68)(H,55,69)(H,56,62). The van der Waals surface area contributed by atoms with E-state index in [0.29, 0.717) is 0 Å². The van der Waals surface area contributed by atoms with Crippen molar-refractivity contribution < 1.29 is 68.4 Å². The van der Waals surface area contributed by atoms with Gasteiger partial charge in [0.05, 0.1) is 74.4 Å². The number of aliphatic hydroxyl groups excluding tert-OH is 4. The number of hydroxylamine groups is 1. The Labute approximate surface area is 477 Å². The van der Waals surface area contributed by atoms with Crippen molar-refractivity contribution in [2.75, 3.05) is 64.6 Å². The summed E-state index contributed by atoms with van der Waals surface area (Å²) in [4.78, 5) is 132. The number of carbonyl (C=O) groups is 9. The van der Waals surface area contributed by atoms with Gasteiger partial charge < -0.3 is 68.2 Å². The van der Waals surface area contributed by atoms with Crippen molar-refractivity contribution in [3.8, 4) is 0 Å². The van der Waals surface area contributed by atoms with Crippen LogP contribution in [0.3, 0.4) is 0 Å². The molecule has 32 heteroatoms. The number of primary amides is 2. The fourth-order valence-electron chi connectivity index (χ4n) is 6.47. The van der Waals surface area contributed by atoms with Gasteiger partial charge >= 0.3 is 5.97 Å². The highest BCUT2D eigenvalue weighted by Gasteiger charge is 2.46. The Morgan fingerprint density at radius 2 is 0.761 bits per heavy atom. The van der Waals surface area contributed by atoms with Gasteiger partial charge in [-0.3, -0.25) is 38.4 Å². The number of halogens is 9. The smallest absolute Gasteiger partial charge is 0.365 e. The van der Waals surface area contributed by atoms with Crippen LogP contribution in [0.2, 0.25) is 0 Å². The van der Waals surface area contributed by atoms with Gasteiger partial charge in [0.1, 0.15) is 12.1 Å². The first-order chi connectivity index (χ1) is 33.4. The first kappa shape index (κ1) is 62.1. The molecule has 2 unspecified atom stereocenters. The molecule has 8 amide bonds. The van der Waals surface area contributed by atoms with Crippen LogP contribution in [0.1, 0.15) is 92.3 Å². The Bertz CT molecular complexity index is 2480. The summed E-state index contributed by atoms with van der Waals surface area (Å²) >= 11 is 30.2. The molecule has 2 atom stereocenters. The third-order valence-electron chi connectivity index (χ3n) is 9.34. The molecule has 0 bridgehead atoms. The highest BCUT2D eigenvalue weighted by atomic mass is 79.9. The number of carbonyl (C=O) groups excluding carboxylic acids is 9. The van der Waals surface area contributed by atoms with Crippen LogP contribution in [0.5, 0.6) is 0 Å². The number of rotatable bonds is 21. The van der Waals surface area contributed by atoms with Gasteiger partial charge in [0.25, 0.3) is 29.5 Å². The summed E-state index contributed by atoms with van der Waals surface area (Å²) in [6.45, 7) is -2.58.